The molecule has 1 aliphatic rings. The SMILES string of the molecule is C=CCNc1nnc(SCC(=O)Nc2sc3c(c2C#N)CCC3)s1. The van der Waals surface area contributed by atoms with Crippen LogP contribution in [0.1, 0.15) is 22.4 Å². The van der Waals surface area contributed by atoms with E-state index in [0.29, 0.717) is 22.2 Å². The molecule has 1 aliphatic carbocycles. The number of thiophene rings is 1. The predicted octanol–water partition coefficient (Wildman–Crippen LogP) is 3.29. The molecule has 1 amide bonds. The Hall–Kier alpha value is -1.89. The van der Waals surface area contributed by atoms with E-state index in [1.807, 2.05) is 0 Å². The number of nitrogens with one attached hydrogen (secondary N) is 2. The molecular weight excluding hydrogens is 362 g/mol. The molecule has 0 bridgehead atoms. The number of rotatable bonds is 7. The summed E-state index contributed by atoms with van der Waals surface area (Å²) in [5, 5.41) is 24.7. The van der Waals surface area contributed by atoms with Crippen LogP contribution < -0.4 is 10.6 Å². The van der Waals surface area contributed by atoms with Crippen LogP contribution in [0.15, 0.2) is 17.0 Å². The third kappa shape index (κ3) is 3.77. The molecule has 0 saturated carbocycles. The van der Waals surface area contributed by atoms with Gasteiger partial charge in [-0.15, -0.1) is 28.1 Å². The van der Waals surface area contributed by atoms with Crippen molar-refractivity contribution in [3.05, 3.63) is 28.7 Å². The maximum atomic E-state index is 12.2. The number of fused-ring (bicyclic) bond motifs is 1. The number of thioether (sulfide) groups is 1. The summed E-state index contributed by atoms with van der Waals surface area (Å²) in [6.45, 7) is 4.25. The molecule has 0 spiro atoms. The summed E-state index contributed by atoms with van der Waals surface area (Å²) in [5.74, 6) is 0.107. The normalized spacial score (nSPS) is 12.5. The number of nitrogens with zero attached hydrogens (tertiary/aromatic N) is 3. The fraction of sp³-hybridized carbons (Fsp3) is 0.333. The largest absolute Gasteiger partial charge is 0.357 e. The van der Waals surface area contributed by atoms with E-state index in [-0.39, 0.29) is 11.7 Å². The van der Waals surface area contributed by atoms with Crippen molar-refractivity contribution in [3.8, 4) is 6.07 Å². The van der Waals surface area contributed by atoms with Gasteiger partial charge in [0.1, 0.15) is 11.1 Å². The quantitative estimate of drug-likeness (QED) is 0.568. The van der Waals surface area contributed by atoms with Crippen molar-refractivity contribution >= 4 is 50.5 Å². The first-order chi connectivity index (χ1) is 11.7. The number of carbonyl (C=O) groups is 1. The van der Waals surface area contributed by atoms with E-state index >= 15 is 0 Å². The molecule has 0 saturated heterocycles. The van der Waals surface area contributed by atoms with Gasteiger partial charge in [0.25, 0.3) is 0 Å². The average Bonchev–Trinajstić information content (AvgIpc) is 3.26. The predicted molar refractivity (Wildman–Crippen MR) is 99.0 cm³/mol. The molecule has 0 unspecified atom stereocenters. The highest BCUT2D eigenvalue weighted by Crippen LogP contribution is 2.38. The summed E-state index contributed by atoms with van der Waals surface area (Å²) in [6.07, 6.45) is 4.78. The van der Waals surface area contributed by atoms with Gasteiger partial charge in [-0.05, 0) is 24.8 Å². The highest BCUT2D eigenvalue weighted by atomic mass is 32.2. The highest BCUT2D eigenvalue weighted by Gasteiger charge is 2.23. The molecule has 6 nitrogen and oxygen atoms in total. The van der Waals surface area contributed by atoms with Gasteiger partial charge in [-0.3, -0.25) is 4.79 Å². The van der Waals surface area contributed by atoms with Gasteiger partial charge >= 0.3 is 0 Å². The third-order valence-electron chi connectivity index (χ3n) is 3.42. The van der Waals surface area contributed by atoms with Crippen LogP contribution in [0.3, 0.4) is 0 Å². The molecule has 0 radical (unpaired) electrons. The van der Waals surface area contributed by atoms with Gasteiger partial charge in [0.05, 0.1) is 11.3 Å². The van der Waals surface area contributed by atoms with Gasteiger partial charge in [0, 0.05) is 11.4 Å². The summed E-state index contributed by atoms with van der Waals surface area (Å²) in [5.41, 5.74) is 1.75. The van der Waals surface area contributed by atoms with E-state index in [1.54, 1.807) is 6.08 Å². The Morgan fingerprint density at radius 3 is 3.08 bits per heavy atom. The lowest BCUT2D eigenvalue weighted by molar-refractivity contribution is -0.113. The Bertz CT molecular complexity index is 805. The number of carbonyl (C=O) groups excluding carboxylic acids is 1. The number of aryl methyl sites for hydroxylation is 1. The molecule has 9 heteroatoms. The van der Waals surface area contributed by atoms with E-state index in [2.05, 4.69) is 33.5 Å². The fourth-order valence-corrected chi connectivity index (χ4v) is 5.21. The van der Waals surface area contributed by atoms with Crippen LogP contribution in [0.2, 0.25) is 0 Å². The molecule has 2 heterocycles. The van der Waals surface area contributed by atoms with Crippen molar-refractivity contribution in [1.82, 2.24) is 10.2 Å². The molecule has 0 fully saturated rings. The first kappa shape index (κ1) is 17.0. The standard InChI is InChI=1S/C15H15N5OS3/c1-2-6-17-14-19-20-15(24-14)22-8-12(21)18-13-10(7-16)9-4-3-5-11(9)23-13/h2H,1,3-6,8H2,(H,17,19)(H,18,21). The van der Waals surface area contributed by atoms with Gasteiger partial charge in [-0.2, -0.15) is 5.26 Å². The topological polar surface area (TPSA) is 90.7 Å². The second-order valence-corrected chi connectivity index (χ2v) is 8.36. The zero-order chi connectivity index (χ0) is 16.9. The second-order valence-electron chi connectivity index (χ2n) is 5.05. The molecule has 0 aliphatic heterocycles. The summed E-state index contributed by atoms with van der Waals surface area (Å²) < 4.78 is 0.728. The van der Waals surface area contributed by atoms with Gasteiger partial charge in [-0.1, -0.05) is 29.2 Å². The number of nitriles is 1. The summed E-state index contributed by atoms with van der Waals surface area (Å²) >= 11 is 4.26. The molecule has 3 rings (SSSR count). The number of aromatic nitrogens is 2. The van der Waals surface area contributed by atoms with Crippen LogP contribution in [-0.2, 0) is 17.6 Å². The van der Waals surface area contributed by atoms with E-state index in [4.69, 9.17) is 0 Å². The van der Waals surface area contributed by atoms with Gasteiger partial charge < -0.3 is 10.6 Å². The highest BCUT2D eigenvalue weighted by molar-refractivity contribution is 8.01. The van der Waals surface area contributed by atoms with Crippen molar-refractivity contribution in [1.29, 1.82) is 5.26 Å². The van der Waals surface area contributed by atoms with Crippen LogP contribution in [-0.4, -0.2) is 28.4 Å². The van der Waals surface area contributed by atoms with E-state index in [1.165, 1.54) is 39.3 Å². The van der Waals surface area contributed by atoms with Gasteiger partial charge in [0.2, 0.25) is 11.0 Å². The smallest absolute Gasteiger partial charge is 0.235 e. The van der Waals surface area contributed by atoms with Crippen molar-refractivity contribution in [2.75, 3.05) is 22.9 Å². The molecule has 124 valence electrons. The van der Waals surface area contributed by atoms with Crippen LogP contribution in [0, 0.1) is 11.3 Å². The number of hydrogen-bond donors (Lipinski definition) is 2. The van der Waals surface area contributed by atoms with E-state index in [9.17, 15) is 10.1 Å². The van der Waals surface area contributed by atoms with E-state index in [0.717, 1.165) is 29.2 Å². The Labute approximate surface area is 152 Å². The second kappa shape index (κ2) is 7.79. The minimum absolute atomic E-state index is 0.132. The molecular formula is C15H15N5OS3. The van der Waals surface area contributed by atoms with E-state index < -0.39 is 0 Å². The lowest BCUT2D eigenvalue weighted by atomic mass is 10.1. The van der Waals surface area contributed by atoms with Crippen LogP contribution in [0.5, 0.6) is 0 Å². The number of anilines is 2. The molecule has 0 aromatic carbocycles. The van der Waals surface area contributed by atoms with Crippen molar-refractivity contribution in [2.45, 2.75) is 23.6 Å². The van der Waals surface area contributed by atoms with Gasteiger partial charge in [0.15, 0.2) is 4.34 Å². The zero-order valence-corrected chi connectivity index (χ0v) is 15.2. The maximum Gasteiger partial charge on any atom is 0.235 e. The lowest BCUT2D eigenvalue weighted by Crippen LogP contribution is -2.13. The molecule has 24 heavy (non-hydrogen) atoms. The molecule has 0 atom stereocenters. The maximum absolute atomic E-state index is 12.2. The lowest BCUT2D eigenvalue weighted by Gasteiger charge is -2.02. The Morgan fingerprint density at radius 1 is 1.42 bits per heavy atom. The van der Waals surface area contributed by atoms with Gasteiger partial charge in [-0.25, -0.2) is 0 Å². The Balaban J connectivity index is 1.56. The van der Waals surface area contributed by atoms with Crippen molar-refractivity contribution in [3.63, 3.8) is 0 Å². The Morgan fingerprint density at radius 2 is 2.29 bits per heavy atom. The molecule has 2 aromatic heterocycles. The van der Waals surface area contributed by atoms with Crippen LogP contribution in [0.4, 0.5) is 10.1 Å². The van der Waals surface area contributed by atoms with Crippen LogP contribution in [0.25, 0.3) is 0 Å². The number of amides is 1. The minimum Gasteiger partial charge on any atom is -0.357 e. The average molecular weight is 378 g/mol. The molecule has 2 aromatic rings. The zero-order valence-electron chi connectivity index (χ0n) is 12.8. The molecule has 2 N–H and O–H groups in total. The van der Waals surface area contributed by atoms with Crippen molar-refractivity contribution < 1.29 is 4.79 Å². The summed E-state index contributed by atoms with van der Waals surface area (Å²) in [6, 6.07) is 2.23. The fourth-order valence-electron chi connectivity index (χ4n) is 2.40. The third-order valence-corrected chi connectivity index (χ3v) is 6.64. The monoisotopic (exact) mass is 377 g/mol. The first-order valence-corrected chi connectivity index (χ1v) is 9.98. The summed E-state index contributed by atoms with van der Waals surface area (Å²) in [7, 11) is 0. The Kier molecular flexibility index (Phi) is 5.50. The first-order valence-electron chi connectivity index (χ1n) is 7.36. The van der Waals surface area contributed by atoms with Crippen molar-refractivity contribution in [2.24, 2.45) is 0 Å². The van der Waals surface area contributed by atoms with Crippen LogP contribution >= 0.6 is 34.4 Å². The number of hydrogen-bond acceptors (Lipinski definition) is 8. The summed E-state index contributed by atoms with van der Waals surface area (Å²) in [4.78, 5) is 13.4. The minimum atomic E-state index is -0.132.